The molecule has 0 N–H and O–H groups in total. The van der Waals surface area contributed by atoms with Gasteiger partial charge in [0.05, 0.1) is 36.7 Å². The van der Waals surface area contributed by atoms with Crippen LogP contribution in [0.25, 0.3) is 0 Å². The summed E-state index contributed by atoms with van der Waals surface area (Å²) in [4.78, 5) is 40.7. The zero-order chi connectivity index (χ0) is 18.7. The lowest BCUT2D eigenvalue weighted by atomic mass is 9.85. The Morgan fingerprint density at radius 3 is 2.26 bits per heavy atom. The van der Waals surface area contributed by atoms with E-state index in [1.807, 2.05) is 17.1 Å². The van der Waals surface area contributed by atoms with E-state index in [0.717, 1.165) is 6.42 Å². The maximum absolute atomic E-state index is 12.9. The molecule has 0 spiro atoms. The molecule has 2 aliphatic carbocycles. The van der Waals surface area contributed by atoms with E-state index < -0.39 is 5.97 Å². The molecule has 0 radical (unpaired) electrons. The van der Waals surface area contributed by atoms with Gasteiger partial charge in [0.15, 0.2) is 0 Å². The molecule has 2 heterocycles. The SMILES string of the molecule is O=C([O-])c1cc(N2C(=O)[C@@H]3[C@@H](C2=O)[C@@H]2C=C[C@@H]3C2)ccc1N1CCOCC1. The lowest BCUT2D eigenvalue weighted by Crippen LogP contribution is -2.38. The molecule has 2 amide bonds. The van der Waals surface area contributed by atoms with Crippen LogP contribution >= 0.6 is 0 Å². The third-order valence-corrected chi connectivity index (χ3v) is 6.28. The second-order valence-electron chi connectivity index (χ2n) is 7.60. The molecule has 2 bridgehead atoms. The number of carboxylic acids is 1. The number of aromatic carboxylic acids is 1. The smallest absolute Gasteiger partial charge is 0.238 e. The van der Waals surface area contributed by atoms with Gasteiger partial charge in [-0.05, 0) is 36.5 Å². The van der Waals surface area contributed by atoms with Gasteiger partial charge in [0.1, 0.15) is 0 Å². The first-order valence-electron chi connectivity index (χ1n) is 9.30. The van der Waals surface area contributed by atoms with Crippen molar-refractivity contribution in [3.63, 3.8) is 0 Å². The van der Waals surface area contributed by atoms with Crippen LogP contribution in [0.15, 0.2) is 30.4 Å². The van der Waals surface area contributed by atoms with Gasteiger partial charge in [0.2, 0.25) is 11.8 Å². The molecule has 3 fully saturated rings. The Labute approximate surface area is 156 Å². The second kappa shape index (κ2) is 5.92. The monoisotopic (exact) mass is 367 g/mol. The Morgan fingerprint density at radius 1 is 1.04 bits per heavy atom. The fourth-order valence-corrected chi connectivity index (χ4v) is 5.06. The van der Waals surface area contributed by atoms with E-state index in [1.165, 1.54) is 11.0 Å². The molecule has 7 nitrogen and oxygen atoms in total. The van der Waals surface area contributed by atoms with Crippen molar-refractivity contribution in [1.82, 2.24) is 0 Å². The third-order valence-electron chi connectivity index (χ3n) is 6.28. The number of carbonyl (C=O) groups is 3. The third kappa shape index (κ3) is 2.34. The molecule has 1 aromatic rings. The molecule has 4 atom stereocenters. The largest absolute Gasteiger partial charge is 0.545 e. The van der Waals surface area contributed by atoms with Gasteiger partial charge < -0.3 is 19.5 Å². The van der Waals surface area contributed by atoms with Crippen LogP contribution in [0.5, 0.6) is 0 Å². The van der Waals surface area contributed by atoms with Crippen LogP contribution in [-0.4, -0.2) is 44.1 Å². The van der Waals surface area contributed by atoms with Gasteiger partial charge in [-0.15, -0.1) is 0 Å². The summed E-state index contributed by atoms with van der Waals surface area (Å²) in [6.07, 6.45) is 4.93. The number of ether oxygens (including phenoxy) is 1. The summed E-state index contributed by atoms with van der Waals surface area (Å²) >= 11 is 0. The average Bonchev–Trinajstić information content (AvgIpc) is 3.36. The minimum Gasteiger partial charge on any atom is -0.545 e. The first-order chi connectivity index (χ1) is 13.1. The first kappa shape index (κ1) is 16.5. The summed E-state index contributed by atoms with van der Waals surface area (Å²) in [6, 6.07) is 4.71. The fourth-order valence-electron chi connectivity index (χ4n) is 5.06. The minimum atomic E-state index is -1.32. The molecular weight excluding hydrogens is 348 g/mol. The predicted octanol–water partition coefficient (Wildman–Crippen LogP) is 0.198. The summed E-state index contributed by atoms with van der Waals surface area (Å²) in [5, 5.41) is 11.7. The molecule has 1 aromatic carbocycles. The van der Waals surface area contributed by atoms with Crippen molar-refractivity contribution in [3.05, 3.63) is 35.9 Å². The summed E-state index contributed by atoms with van der Waals surface area (Å²) in [6.45, 7) is 2.22. The van der Waals surface area contributed by atoms with Crippen molar-refractivity contribution in [2.45, 2.75) is 6.42 Å². The molecule has 1 saturated carbocycles. The normalized spacial score (nSPS) is 31.7. The molecule has 2 saturated heterocycles. The number of carbonyl (C=O) groups excluding carboxylic acids is 3. The van der Waals surface area contributed by atoms with E-state index in [1.54, 1.807) is 12.1 Å². The highest BCUT2D eigenvalue weighted by Gasteiger charge is 2.59. The summed E-state index contributed by atoms with van der Waals surface area (Å²) < 4.78 is 5.31. The molecule has 2 aliphatic heterocycles. The molecule has 0 unspecified atom stereocenters. The highest BCUT2D eigenvalue weighted by molar-refractivity contribution is 6.23. The van der Waals surface area contributed by atoms with Crippen LogP contribution in [0.3, 0.4) is 0 Å². The molecule has 27 heavy (non-hydrogen) atoms. The lowest BCUT2D eigenvalue weighted by Gasteiger charge is -2.31. The van der Waals surface area contributed by atoms with Gasteiger partial charge in [-0.2, -0.15) is 0 Å². The summed E-state index contributed by atoms with van der Waals surface area (Å²) in [5.74, 6) is -2.13. The highest BCUT2D eigenvalue weighted by Crippen LogP contribution is 2.53. The number of fused-ring (bicyclic) bond motifs is 5. The Kier molecular flexibility index (Phi) is 3.62. The fraction of sp³-hybridized carbons (Fsp3) is 0.450. The topological polar surface area (TPSA) is 90.0 Å². The molecule has 5 rings (SSSR count). The number of nitrogens with zero attached hydrogens (tertiary/aromatic N) is 2. The Morgan fingerprint density at radius 2 is 1.67 bits per heavy atom. The van der Waals surface area contributed by atoms with E-state index in [9.17, 15) is 19.5 Å². The number of anilines is 2. The number of hydrogen-bond acceptors (Lipinski definition) is 6. The lowest BCUT2D eigenvalue weighted by molar-refractivity contribution is -0.255. The van der Waals surface area contributed by atoms with Crippen LogP contribution in [-0.2, 0) is 14.3 Å². The molecular formula is C20H19N2O5-. The number of hydrogen-bond donors (Lipinski definition) is 0. The van der Waals surface area contributed by atoms with Crippen molar-refractivity contribution in [1.29, 1.82) is 0 Å². The van der Waals surface area contributed by atoms with Crippen molar-refractivity contribution < 1.29 is 24.2 Å². The van der Waals surface area contributed by atoms with E-state index in [0.29, 0.717) is 37.7 Å². The van der Waals surface area contributed by atoms with Gasteiger partial charge in [0, 0.05) is 24.3 Å². The minimum absolute atomic E-state index is 0.00634. The number of allylic oxidation sites excluding steroid dienone is 2. The van der Waals surface area contributed by atoms with Crippen molar-refractivity contribution >= 4 is 29.2 Å². The van der Waals surface area contributed by atoms with Crippen LogP contribution in [0.1, 0.15) is 16.8 Å². The van der Waals surface area contributed by atoms with Crippen LogP contribution in [0.4, 0.5) is 11.4 Å². The van der Waals surface area contributed by atoms with E-state index in [2.05, 4.69) is 0 Å². The zero-order valence-electron chi connectivity index (χ0n) is 14.7. The van der Waals surface area contributed by atoms with E-state index in [4.69, 9.17) is 4.74 Å². The number of imide groups is 1. The standard InChI is InChI=1S/C20H20N2O5/c23-18-16-11-1-2-12(9-11)17(16)19(24)22(18)13-3-4-15(14(10-13)20(25)26)21-5-7-27-8-6-21/h1-4,10-12,16-17H,5-9H2,(H,25,26)/p-1/t11-,12-,16+,17+/m1/s1. The van der Waals surface area contributed by atoms with Gasteiger partial charge in [-0.3, -0.25) is 9.59 Å². The maximum Gasteiger partial charge on any atom is 0.238 e. The van der Waals surface area contributed by atoms with Crippen LogP contribution in [0.2, 0.25) is 0 Å². The van der Waals surface area contributed by atoms with Crippen LogP contribution in [0, 0.1) is 23.7 Å². The number of carboxylic acid groups (broad SMARTS) is 1. The highest BCUT2D eigenvalue weighted by atomic mass is 16.5. The molecule has 4 aliphatic rings. The van der Waals surface area contributed by atoms with E-state index >= 15 is 0 Å². The zero-order valence-corrected chi connectivity index (χ0v) is 14.7. The Balaban J connectivity index is 1.51. The van der Waals surface area contributed by atoms with Gasteiger partial charge in [-0.1, -0.05) is 12.2 Å². The number of amides is 2. The number of morpholine rings is 1. The Hall–Kier alpha value is -2.67. The number of rotatable bonds is 3. The van der Waals surface area contributed by atoms with Gasteiger partial charge in [0.25, 0.3) is 0 Å². The van der Waals surface area contributed by atoms with Crippen molar-refractivity contribution in [3.8, 4) is 0 Å². The first-order valence-corrected chi connectivity index (χ1v) is 9.30. The average molecular weight is 367 g/mol. The molecule has 0 aromatic heterocycles. The molecule has 140 valence electrons. The van der Waals surface area contributed by atoms with Crippen LogP contribution < -0.4 is 14.9 Å². The van der Waals surface area contributed by atoms with Gasteiger partial charge in [-0.25, -0.2) is 4.90 Å². The second-order valence-corrected chi connectivity index (χ2v) is 7.60. The van der Waals surface area contributed by atoms with Crippen molar-refractivity contribution in [2.24, 2.45) is 23.7 Å². The predicted molar refractivity (Wildman–Crippen MR) is 94.0 cm³/mol. The van der Waals surface area contributed by atoms with Crippen molar-refractivity contribution in [2.75, 3.05) is 36.1 Å². The van der Waals surface area contributed by atoms with E-state index in [-0.39, 0.29) is 41.0 Å². The summed E-state index contributed by atoms with van der Waals surface area (Å²) in [5.41, 5.74) is 0.839. The quantitative estimate of drug-likeness (QED) is 0.560. The summed E-state index contributed by atoms with van der Waals surface area (Å²) in [7, 11) is 0. The maximum atomic E-state index is 12.9. The number of benzene rings is 1. The molecule has 7 heteroatoms. The Bertz CT molecular complexity index is 843. The van der Waals surface area contributed by atoms with Gasteiger partial charge >= 0.3 is 0 Å².